The Balaban J connectivity index is 0. The molecule has 0 saturated heterocycles. The molecule has 0 saturated carbocycles. The van der Waals surface area contributed by atoms with E-state index in [0.717, 1.165) is 19.3 Å². The summed E-state index contributed by atoms with van der Waals surface area (Å²) < 4.78 is 0. The fraction of sp³-hybridized carbons (Fsp3) is 0.867. The first-order valence-corrected chi connectivity index (χ1v) is 6.99. The van der Waals surface area contributed by atoms with E-state index in [1.807, 2.05) is 6.92 Å². The molecule has 0 fully saturated rings. The van der Waals surface area contributed by atoms with Crippen LogP contribution in [0.25, 0.3) is 0 Å². The molecule has 0 N–H and O–H groups in total. The second-order valence-electron chi connectivity index (χ2n) is 4.65. The Morgan fingerprint density at radius 1 is 0.882 bits per heavy atom. The van der Waals surface area contributed by atoms with E-state index < -0.39 is 0 Å². The molecule has 0 bridgehead atoms. The highest BCUT2D eigenvalue weighted by molar-refractivity contribution is 5.78. The van der Waals surface area contributed by atoms with Crippen molar-refractivity contribution in [2.24, 2.45) is 5.92 Å². The molecular weight excluding hydrogens is 212 g/mol. The van der Waals surface area contributed by atoms with E-state index >= 15 is 0 Å². The van der Waals surface area contributed by atoms with Gasteiger partial charge in [0.2, 0.25) is 0 Å². The number of carbonyl (C=O) groups is 2. The summed E-state index contributed by atoms with van der Waals surface area (Å²) >= 11 is 0. The zero-order chi connectivity index (χ0) is 13.7. The van der Waals surface area contributed by atoms with E-state index in [9.17, 15) is 9.59 Å². The van der Waals surface area contributed by atoms with Crippen molar-refractivity contribution in [1.82, 2.24) is 0 Å². The maximum absolute atomic E-state index is 11.1. The van der Waals surface area contributed by atoms with Gasteiger partial charge in [-0.2, -0.15) is 0 Å². The zero-order valence-corrected chi connectivity index (χ0v) is 12.3. The quantitative estimate of drug-likeness (QED) is 0.585. The summed E-state index contributed by atoms with van der Waals surface area (Å²) in [5.41, 5.74) is 0. The Hall–Kier alpha value is -0.660. The summed E-state index contributed by atoms with van der Waals surface area (Å²) in [5, 5.41) is 0. The molecule has 0 aliphatic rings. The van der Waals surface area contributed by atoms with Crippen LogP contribution in [0.2, 0.25) is 0 Å². The molecule has 2 heteroatoms. The molecule has 102 valence electrons. The van der Waals surface area contributed by atoms with Crippen molar-refractivity contribution in [2.75, 3.05) is 0 Å². The zero-order valence-electron chi connectivity index (χ0n) is 12.3. The van der Waals surface area contributed by atoms with Crippen molar-refractivity contribution in [1.29, 1.82) is 0 Å². The number of ketones is 2. The van der Waals surface area contributed by atoms with Crippen LogP contribution in [-0.4, -0.2) is 11.6 Å². The lowest BCUT2D eigenvalue weighted by molar-refractivity contribution is -0.121. The van der Waals surface area contributed by atoms with Crippen LogP contribution in [0.3, 0.4) is 0 Å². The molecule has 0 aromatic rings. The predicted octanol–water partition coefficient (Wildman–Crippen LogP) is 4.56. The van der Waals surface area contributed by atoms with Gasteiger partial charge in [0, 0.05) is 12.3 Å². The van der Waals surface area contributed by atoms with Crippen molar-refractivity contribution >= 4 is 11.6 Å². The molecule has 0 aliphatic heterocycles. The maximum atomic E-state index is 11.1. The molecule has 0 rings (SSSR count). The highest BCUT2D eigenvalue weighted by Crippen LogP contribution is 2.16. The van der Waals surface area contributed by atoms with Gasteiger partial charge in [0.15, 0.2) is 0 Å². The number of rotatable bonds is 8. The molecule has 0 spiro atoms. The largest absolute Gasteiger partial charge is 0.300 e. The number of hydrogen-bond donors (Lipinski definition) is 0. The van der Waals surface area contributed by atoms with Crippen LogP contribution in [0.5, 0.6) is 0 Å². The molecule has 0 unspecified atom stereocenters. The van der Waals surface area contributed by atoms with Gasteiger partial charge in [0.25, 0.3) is 0 Å². The van der Waals surface area contributed by atoms with Crippen LogP contribution in [0.4, 0.5) is 0 Å². The van der Waals surface area contributed by atoms with Crippen molar-refractivity contribution in [3.63, 3.8) is 0 Å². The van der Waals surface area contributed by atoms with Gasteiger partial charge in [-0.1, -0.05) is 46.5 Å². The highest BCUT2D eigenvalue weighted by atomic mass is 16.1. The minimum atomic E-state index is 0.255. The number of unbranched alkanes of at least 4 members (excludes halogenated alkanes) is 2. The van der Waals surface area contributed by atoms with Crippen molar-refractivity contribution in [2.45, 2.75) is 79.6 Å². The second-order valence-corrected chi connectivity index (χ2v) is 4.65. The van der Waals surface area contributed by atoms with Crippen LogP contribution in [-0.2, 0) is 9.59 Å². The van der Waals surface area contributed by atoms with E-state index in [4.69, 9.17) is 0 Å². The third kappa shape index (κ3) is 15.3. The van der Waals surface area contributed by atoms with E-state index in [0.29, 0.717) is 18.1 Å². The second kappa shape index (κ2) is 13.4. The van der Waals surface area contributed by atoms with Crippen LogP contribution in [0.15, 0.2) is 0 Å². The monoisotopic (exact) mass is 242 g/mol. The molecule has 0 aromatic heterocycles. The average Bonchev–Trinajstić information content (AvgIpc) is 2.28. The smallest absolute Gasteiger partial charge is 0.132 e. The van der Waals surface area contributed by atoms with Gasteiger partial charge in [-0.3, -0.25) is 4.79 Å². The number of carbonyl (C=O) groups excluding carboxylic acids is 2. The van der Waals surface area contributed by atoms with Crippen molar-refractivity contribution in [3.05, 3.63) is 0 Å². The highest BCUT2D eigenvalue weighted by Gasteiger charge is 2.11. The van der Waals surface area contributed by atoms with Crippen LogP contribution >= 0.6 is 0 Å². The number of Topliss-reactive ketones (excluding diaryl/α,β-unsaturated/α-hetero) is 2. The molecule has 0 radical (unpaired) electrons. The minimum Gasteiger partial charge on any atom is -0.300 e. The Kier molecular flexibility index (Phi) is 14.7. The lowest BCUT2D eigenvalue weighted by atomic mass is 9.93. The van der Waals surface area contributed by atoms with E-state index in [1.54, 1.807) is 13.8 Å². The lowest BCUT2D eigenvalue weighted by Gasteiger charge is -2.11. The van der Waals surface area contributed by atoms with Gasteiger partial charge >= 0.3 is 0 Å². The van der Waals surface area contributed by atoms with E-state index in [1.165, 1.54) is 19.3 Å². The Bertz CT molecular complexity index is 197. The van der Waals surface area contributed by atoms with E-state index in [2.05, 4.69) is 13.8 Å². The number of hydrogen-bond acceptors (Lipinski definition) is 2. The summed E-state index contributed by atoms with van der Waals surface area (Å²) in [6.07, 6.45) is 7.73. The van der Waals surface area contributed by atoms with Gasteiger partial charge in [0.1, 0.15) is 11.6 Å². The summed E-state index contributed by atoms with van der Waals surface area (Å²) in [5.74, 6) is 0.986. The molecule has 0 amide bonds. The summed E-state index contributed by atoms with van der Waals surface area (Å²) in [6, 6.07) is 0. The van der Waals surface area contributed by atoms with Gasteiger partial charge in [-0.05, 0) is 26.7 Å². The lowest BCUT2D eigenvalue weighted by Crippen LogP contribution is -2.10. The molecule has 17 heavy (non-hydrogen) atoms. The third-order valence-electron chi connectivity index (χ3n) is 2.87. The van der Waals surface area contributed by atoms with Crippen LogP contribution in [0.1, 0.15) is 79.6 Å². The first-order chi connectivity index (χ1) is 7.99. The molecule has 0 aliphatic carbocycles. The van der Waals surface area contributed by atoms with Crippen LogP contribution < -0.4 is 0 Å². The van der Waals surface area contributed by atoms with Gasteiger partial charge < -0.3 is 4.79 Å². The summed E-state index contributed by atoms with van der Waals surface area (Å²) in [6.45, 7) is 9.51. The fourth-order valence-electron chi connectivity index (χ4n) is 1.54. The van der Waals surface area contributed by atoms with Crippen molar-refractivity contribution < 1.29 is 9.59 Å². The Morgan fingerprint density at radius 2 is 1.41 bits per heavy atom. The minimum absolute atomic E-state index is 0.255. The third-order valence-corrected chi connectivity index (χ3v) is 2.87. The molecular formula is C15H30O2. The maximum Gasteiger partial charge on any atom is 0.132 e. The SMILES string of the molecule is CCC(C)=O.CCCCC[C@H](CCC)C(C)=O. The van der Waals surface area contributed by atoms with Gasteiger partial charge in [-0.25, -0.2) is 0 Å². The standard InChI is InChI=1S/C11H22O.C4H8O/c1-4-6-7-9-11(8-5-2)10(3)12;1-3-4(2)5/h11H,4-9H2,1-3H3;3H2,1-2H3/t11-;/m0./s1. The predicted molar refractivity (Wildman–Crippen MR) is 74.2 cm³/mol. The fourth-order valence-corrected chi connectivity index (χ4v) is 1.54. The Labute approximate surface area is 107 Å². The first kappa shape index (κ1) is 18.7. The molecule has 1 atom stereocenters. The average molecular weight is 242 g/mol. The van der Waals surface area contributed by atoms with Crippen molar-refractivity contribution in [3.8, 4) is 0 Å². The summed E-state index contributed by atoms with van der Waals surface area (Å²) in [4.78, 5) is 20.9. The Morgan fingerprint density at radius 3 is 1.71 bits per heavy atom. The van der Waals surface area contributed by atoms with Crippen LogP contribution in [0, 0.1) is 5.92 Å². The summed E-state index contributed by atoms with van der Waals surface area (Å²) in [7, 11) is 0. The first-order valence-electron chi connectivity index (χ1n) is 6.99. The molecule has 0 heterocycles. The van der Waals surface area contributed by atoms with Gasteiger partial charge in [0.05, 0.1) is 0 Å². The van der Waals surface area contributed by atoms with E-state index in [-0.39, 0.29) is 5.78 Å². The topological polar surface area (TPSA) is 34.1 Å². The molecule has 2 nitrogen and oxygen atoms in total. The van der Waals surface area contributed by atoms with Gasteiger partial charge in [-0.15, -0.1) is 0 Å². The normalized spacial score (nSPS) is 11.4. The molecule has 0 aromatic carbocycles.